The Bertz CT molecular complexity index is 974. The van der Waals surface area contributed by atoms with Crippen LogP contribution in [0.3, 0.4) is 0 Å². The summed E-state index contributed by atoms with van der Waals surface area (Å²) >= 11 is 6.03. The van der Waals surface area contributed by atoms with Gasteiger partial charge in [-0.05, 0) is 36.2 Å². The van der Waals surface area contributed by atoms with Crippen LogP contribution >= 0.6 is 11.6 Å². The minimum absolute atomic E-state index is 0.0392. The van der Waals surface area contributed by atoms with E-state index >= 15 is 0 Å². The van der Waals surface area contributed by atoms with Gasteiger partial charge in [0.15, 0.2) is 5.65 Å². The molecule has 3 aromatic rings. The molecule has 0 amide bonds. The van der Waals surface area contributed by atoms with Crippen molar-refractivity contribution in [3.63, 3.8) is 0 Å². The molecule has 1 aliphatic rings. The molecule has 0 spiro atoms. The lowest BCUT2D eigenvalue weighted by Crippen LogP contribution is -2.22. The minimum atomic E-state index is -4.46. The maximum atomic E-state index is 13.0. The number of rotatable bonds is 2. The number of nitrogens with zero attached hydrogens (tertiary/aromatic N) is 5. The quantitative estimate of drug-likeness (QED) is 0.689. The fourth-order valence-corrected chi connectivity index (χ4v) is 3.21. The number of β-amino-alcohol motifs (C(OH)–C–C–N with tert-alkyl or cyclic N) is 1. The van der Waals surface area contributed by atoms with Gasteiger partial charge in [0.2, 0.25) is 5.28 Å². The minimum Gasteiger partial charge on any atom is -0.391 e. The van der Waals surface area contributed by atoms with E-state index in [4.69, 9.17) is 11.6 Å². The van der Waals surface area contributed by atoms with Gasteiger partial charge in [-0.3, -0.25) is 0 Å². The van der Waals surface area contributed by atoms with E-state index in [9.17, 15) is 18.3 Å². The molecule has 4 rings (SSSR count). The highest BCUT2D eigenvalue weighted by Crippen LogP contribution is 2.32. The van der Waals surface area contributed by atoms with Crippen LogP contribution in [0.15, 0.2) is 30.5 Å². The summed E-state index contributed by atoms with van der Waals surface area (Å²) in [5.41, 5.74) is -0.251. The highest BCUT2D eigenvalue weighted by Gasteiger charge is 2.31. The highest BCUT2D eigenvalue weighted by atomic mass is 35.5. The Hall–Kier alpha value is -2.39. The summed E-state index contributed by atoms with van der Waals surface area (Å²) in [5, 5.41) is 14.4. The van der Waals surface area contributed by atoms with Crippen LogP contribution in [0.5, 0.6) is 0 Å². The fourth-order valence-electron chi connectivity index (χ4n) is 3.05. The normalized spacial score (nSPS) is 18.0. The lowest BCUT2D eigenvalue weighted by Gasteiger charge is -2.17. The highest BCUT2D eigenvalue weighted by molar-refractivity contribution is 6.28. The van der Waals surface area contributed by atoms with E-state index < -0.39 is 17.8 Å². The van der Waals surface area contributed by atoms with E-state index in [1.165, 1.54) is 23.0 Å². The first-order chi connectivity index (χ1) is 12.3. The first-order valence-corrected chi connectivity index (χ1v) is 8.22. The Morgan fingerprint density at radius 1 is 1.23 bits per heavy atom. The first-order valence-electron chi connectivity index (χ1n) is 7.85. The second-order valence-corrected chi connectivity index (χ2v) is 6.38. The number of fused-ring (bicyclic) bond motifs is 1. The van der Waals surface area contributed by atoms with Gasteiger partial charge in [-0.1, -0.05) is 6.07 Å². The predicted octanol–water partition coefficient (Wildman–Crippen LogP) is 3.06. The Morgan fingerprint density at radius 2 is 2.04 bits per heavy atom. The third-order valence-corrected chi connectivity index (χ3v) is 4.43. The SMILES string of the molecule is OC1CCN(c2nc(Cl)nc3c2cnn3-c2cccc(C(F)(F)F)c2)C1. The number of benzene rings is 1. The van der Waals surface area contributed by atoms with Gasteiger partial charge in [0.05, 0.1) is 28.9 Å². The monoisotopic (exact) mass is 383 g/mol. The smallest absolute Gasteiger partial charge is 0.391 e. The molecule has 26 heavy (non-hydrogen) atoms. The zero-order valence-corrected chi connectivity index (χ0v) is 14.0. The Balaban J connectivity index is 1.84. The van der Waals surface area contributed by atoms with Gasteiger partial charge in [0, 0.05) is 13.1 Å². The third-order valence-electron chi connectivity index (χ3n) is 4.26. The van der Waals surface area contributed by atoms with E-state index in [1.54, 1.807) is 0 Å². The lowest BCUT2D eigenvalue weighted by atomic mass is 10.2. The van der Waals surface area contributed by atoms with Crippen molar-refractivity contribution in [2.24, 2.45) is 0 Å². The molecule has 10 heteroatoms. The van der Waals surface area contributed by atoms with E-state index in [2.05, 4.69) is 15.1 Å². The molecule has 1 atom stereocenters. The van der Waals surface area contributed by atoms with Crippen LogP contribution in [-0.4, -0.2) is 44.0 Å². The van der Waals surface area contributed by atoms with Gasteiger partial charge in [0.1, 0.15) is 5.82 Å². The molecule has 1 N–H and O–H groups in total. The second kappa shape index (κ2) is 6.10. The number of halogens is 4. The molecular weight excluding hydrogens is 371 g/mol. The number of hydrogen-bond acceptors (Lipinski definition) is 5. The van der Waals surface area contributed by atoms with Crippen LogP contribution in [0, 0.1) is 0 Å². The van der Waals surface area contributed by atoms with Crippen molar-refractivity contribution in [3.05, 3.63) is 41.3 Å². The second-order valence-electron chi connectivity index (χ2n) is 6.05. The molecular formula is C16H13ClF3N5O. The van der Waals surface area contributed by atoms with Crippen LogP contribution < -0.4 is 4.90 Å². The third kappa shape index (κ3) is 2.97. The molecule has 0 saturated carbocycles. The first kappa shape index (κ1) is 17.0. The van der Waals surface area contributed by atoms with E-state index in [1.807, 2.05) is 4.90 Å². The summed E-state index contributed by atoms with van der Waals surface area (Å²) in [6, 6.07) is 4.82. The maximum absolute atomic E-state index is 13.0. The van der Waals surface area contributed by atoms with Crippen LogP contribution in [-0.2, 0) is 6.18 Å². The predicted molar refractivity (Wildman–Crippen MR) is 89.5 cm³/mol. The molecule has 0 aliphatic carbocycles. The molecule has 3 heterocycles. The molecule has 1 saturated heterocycles. The molecule has 0 radical (unpaired) electrons. The van der Waals surface area contributed by atoms with E-state index in [0.29, 0.717) is 36.4 Å². The summed E-state index contributed by atoms with van der Waals surface area (Å²) in [7, 11) is 0. The topological polar surface area (TPSA) is 67.1 Å². The molecule has 1 aliphatic heterocycles. The van der Waals surface area contributed by atoms with Crippen molar-refractivity contribution >= 4 is 28.5 Å². The number of anilines is 1. The van der Waals surface area contributed by atoms with Crippen LogP contribution in [0.1, 0.15) is 12.0 Å². The van der Waals surface area contributed by atoms with Gasteiger partial charge in [-0.2, -0.15) is 28.2 Å². The molecule has 2 aromatic heterocycles. The number of hydrogen-bond donors (Lipinski definition) is 1. The lowest BCUT2D eigenvalue weighted by molar-refractivity contribution is -0.137. The summed E-state index contributed by atoms with van der Waals surface area (Å²) in [5.74, 6) is 0.509. The van der Waals surface area contributed by atoms with Crippen molar-refractivity contribution < 1.29 is 18.3 Å². The number of alkyl halides is 3. The van der Waals surface area contributed by atoms with Gasteiger partial charge in [-0.15, -0.1) is 0 Å². The largest absolute Gasteiger partial charge is 0.416 e. The zero-order chi connectivity index (χ0) is 18.5. The van der Waals surface area contributed by atoms with Gasteiger partial charge in [0.25, 0.3) is 0 Å². The zero-order valence-electron chi connectivity index (χ0n) is 13.3. The van der Waals surface area contributed by atoms with Crippen molar-refractivity contribution in [1.82, 2.24) is 19.7 Å². The standard InChI is InChI=1S/C16H13ClF3N5O/c17-15-22-13(24-5-4-11(26)8-24)12-7-21-25(14(12)23-15)10-3-1-2-9(6-10)16(18,19)20/h1-3,6-7,11,26H,4-5,8H2. The van der Waals surface area contributed by atoms with Crippen LogP contribution in [0.25, 0.3) is 16.7 Å². The molecule has 1 aromatic carbocycles. The summed E-state index contributed by atoms with van der Waals surface area (Å²) in [4.78, 5) is 10.2. The van der Waals surface area contributed by atoms with E-state index in [-0.39, 0.29) is 11.0 Å². The molecule has 0 bridgehead atoms. The molecule has 1 unspecified atom stereocenters. The Kier molecular flexibility index (Phi) is 4.00. The Morgan fingerprint density at radius 3 is 2.73 bits per heavy atom. The molecule has 1 fully saturated rings. The van der Waals surface area contributed by atoms with E-state index in [0.717, 1.165) is 12.1 Å². The van der Waals surface area contributed by atoms with Crippen molar-refractivity contribution in [2.45, 2.75) is 18.7 Å². The average Bonchev–Trinajstić information content (AvgIpc) is 3.19. The van der Waals surface area contributed by atoms with Crippen LogP contribution in [0.2, 0.25) is 5.28 Å². The van der Waals surface area contributed by atoms with Gasteiger partial charge in [-0.25, -0.2) is 4.68 Å². The Labute approximate surface area is 150 Å². The van der Waals surface area contributed by atoms with Crippen molar-refractivity contribution in [1.29, 1.82) is 0 Å². The van der Waals surface area contributed by atoms with Crippen molar-refractivity contribution in [3.8, 4) is 5.69 Å². The summed E-state index contributed by atoms with van der Waals surface area (Å²) in [6.45, 7) is 0.996. The van der Waals surface area contributed by atoms with Crippen LogP contribution in [0.4, 0.5) is 19.0 Å². The maximum Gasteiger partial charge on any atom is 0.416 e. The fraction of sp³-hybridized carbons (Fsp3) is 0.312. The number of aromatic nitrogens is 4. The summed E-state index contributed by atoms with van der Waals surface area (Å²) in [6.07, 6.45) is -2.82. The van der Waals surface area contributed by atoms with Gasteiger partial charge < -0.3 is 10.0 Å². The van der Waals surface area contributed by atoms with Gasteiger partial charge >= 0.3 is 6.18 Å². The average molecular weight is 384 g/mol. The molecule has 6 nitrogen and oxygen atoms in total. The van der Waals surface area contributed by atoms with Crippen molar-refractivity contribution in [2.75, 3.05) is 18.0 Å². The number of aliphatic hydroxyl groups is 1. The molecule has 136 valence electrons. The summed E-state index contributed by atoms with van der Waals surface area (Å²) < 4.78 is 40.3. The number of aliphatic hydroxyl groups excluding tert-OH is 1.